The summed E-state index contributed by atoms with van der Waals surface area (Å²) in [6.45, 7) is 3.77. The van der Waals surface area contributed by atoms with Gasteiger partial charge in [-0.1, -0.05) is 30.7 Å². The maximum atomic E-state index is 5.88. The maximum Gasteiger partial charge on any atom is 0.224 e. The van der Waals surface area contributed by atoms with Gasteiger partial charge in [0.2, 0.25) is 5.95 Å². The number of benzene rings is 1. The molecule has 21 heavy (non-hydrogen) atoms. The first kappa shape index (κ1) is 16.0. The molecule has 2 aromatic rings. The van der Waals surface area contributed by atoms with Gasteiger partial charge in [0.25, 0.3) is 0 Å². The van der Waals surface area contributed by atoms with E-state index in [4.69, 9.17) is 11.6 Å². The Balaban J connectivity index is 1.91. The highest BCUT2D eigenvalue weighted by atomic mass is 79.9. The van der Waals surface area contributed by atoms with Crippen LogP contribution in [0.4, 0.5) is 11.8 Å². The second kappa shape index (κ2) is 8.20. The zero-order chi connectivity index (χ0) is 15.1. The molecule has 4 nitrogen and oxygen atoms in total. The lowest BCUT2D eigenvalue weighted by Gasteiger charge is -2.10. The predicted octanol–water partition coefficient (Wildman–Crippen LogP) is 4.37. The summed E-state index contributed by atoms with van der Waals surface area (Å²) in [5.74, 6) is 1.45. The lowest BCUT2D eigenvalue weighted by molar-refractivity contribution is 0.944. The monoisotopic (exact) mass is 368 g/mol. The summed E-state index contributed by atoms with van der Waals surface area (Å²) in [6, 6.07) is 7.88. The minimum Gasteiger partial charge on any atom is -0.369 e. The van der Waals surface area contributed by atoms with Crippen molar-refractivity contribution in [3.8, 4) is 0 Å². The van der Waals surface area contributed by atoms with Crippen molar-refractivity contribution in [1.29, 1.82) is 0 Å². The van der Waals surface area contributed by atoms with Gasteiger partial charge in [0.05, 0.1) is 4.47 Å². The highest BCUT2D eigenvalue weighted by Crippen LogP contribution is 2.20. The molecule has 0 spiro atoms. The Morgan fingerprint density at radius 3 is 2.62 bits per heavy atom. The average molecular weight is 370 g/mol. The molecular weight excluding hydrogens is 352 g/mol. The van der Waals surface area contributed by atoms with E-state index in [0.717, 1.165) is 41.2 Å². The highest BCUT2D eigenvalue weighted by molar-refractivity contribution is 9.10. The summed E-state index contributed by atoms with van der Waals surface area (Å²) in [5.41, 5.74) is 1.24. The number of rotatable bonds is 7. The molecule has 6 heteroatoms. The quantitative estimate of drug-likeness (QED) is 0.761. The van der Waals surface area contributed by atoms with Gasteiger partial charge in [-0.2, -0.15) is 4.98 Å². The van der Waals surface area contributed by atoms with Crippen molar-refractivity contribution in [3.05, 3.63) is 45.5 Å². The molecule has 0 amide bonds. The smallest absolute Gasteiger partial charge is 0.224 e. The molecule has 1 heterocycles. The fourth-order valence-electron chi connectivity index (χ4n) is 1.79. The Morgan fingerprint density at radius 1 is 1.14 bits per heavy atom. The minimum atomic E-state index is 0.647. The number of nitrogens with zero attached hydrogens (tertiary/aromatic N) is 2. The van der Waals surface area contributed by atoms with Gasteiger partial charge in [0.1, 0.15) is 5.82 Å². The third-order valence-corrected chi connectivity index (χ3v) is 3.73. The van der Waals surface area contributed by atoms with E-state index in [0.29, 0.717) is 5.95 Å². The molecular formula is C15H18BrClN4. The number of nitrogens with one attached hydrogen (secondary N) is 2. The van der Waals surface area contributed by atoms with Crippen LogP contribution >= 0.6 is 27.5 Å². The molecule has 0 saturated heterocycles. The third-order valence-electron chi connectivity index (χ3n) is 2.90. The molecule has 0 aliphatic rings. The van der Waals surface area contributed by atoms with E-state index >= 15 is 0 Å². The normalized spacial score (nSPS) is 10.4. The number of hydrogen-bond donors (Lipinski definition) is 2. The molecule has 2 N–H and O–H groups in total. The molecule has 0 fully saturated rings. The van der Waals surface area contributed by atoms with Crippen LogP contribution in [0.25, 0.3) is 0 Å². The van der Waals surface area contributed by atoms with Crippen LogP contribution in [0, 0.1) is 0 Å². The Kier molecular flexibility index (Phi) is 6.26. The van der Waals surface area contributed by atoms with E-state index in [1.54, 1.807) is 6.20 Å². The molecule has 112 valence electrons. The van der Waals surface area contributed by atoms with Gasteiger partial charge in [-0.3, -0.25) is 0 Å². The van der Waals surface area contributed by atoms with E-state index in [9.17, 15) is 0 Å². The molecule has 0 aliphatic heterocycles. The van der Waals surface area contributed by atoms with Crippen LogP contribution < -0.4 is 10.6 Å². The van der Waals surface area contributed by atoms with E-state index in [-0.39, 0.29) is 0 Å². The highest BCUT2D eigenvalue weighted by Gasteiger charge is 2.04. The summed E-state index contributed by atoms with van der Waals surface area (Å²) < 4.78 is 0.862. The molecule has 1 aromatic heterocycles. The number of hydrogen-bond acceptors (Lipinski definition) is 4. The summed E-state index contributed by atoms with van der Waals surface area (Å²) in [4.78, 5) is 8.68. The molecule has 0 radical (unpaired) electrons. The van der Waals surface area contributed by atoms with Gasteiger partial charge in [0.15, 0.2) is 0 Å². The Morgan fingerprint density at radius 2 is 1.90 bits per heavy atom. The maximum absolute atomic E-state index is 5.88. The first-order valence-corrected chi connectivity index (χ1v) is 8.11. The first-order chi connectivity index (χ1) is 10.2. The van der Waals surface area contributed by atoms with E-state index in [1.807, 2.05) is 24.3 Å². The van der Waals surface area contributed by atoms with Crippen molar-refractivity contribution < 1.29 is 0 Å². The lowest BCUT2D eigenvalue weighted by Crippen LogP contribution is -2.10. The SMILES string of the molecule is CCCNc1ncc(Br)c(NCCc2ccc(Cl)cc2)n1. The van der Waals surface area contributed by atoms with Crippen LogP contribution in [-0.4, -0.2) is 23.1 Å². The minimum absolute atomic E-state index is 0.647. The van der Waals surface area contributed by atoms with Gasteiger partial charge in [-0.25, -0.2) is 4.98 Å². The molecule has 0 aliphatic carbocycles. The lowest BCUT2D eigenvalue weighted by atomic mass is 10.1. The van der Waals surface area contributed by atoms with E-state index in [1.165, 1.54) is 5.56 Å². The Bertz CT molecular complexity index is 574. The van der Waals surface area contributed by atoms with Crippen molar-refractivity contribution in [1.82, 2.24) is 9.97 Å². The van der Waals surface area contributed by atoms with Crippen LogP contribution in [-0.2, 0) is 6.42 Å². The van der Waals surface area contributed by atoms with Crippen molar-refractivity contribution >= 4 is 39.3 Å². The van der Waals surface area contributed by atoms with Gasteiger partial charge in [0, 0.05) is 24.3 Å². The fourth-order valence-corrected chi connectivity index (χ4v) is 2.25. The van der Waals surface area contributed by atoms with Gasteiger partial charge in [-0.05, 0) is 46.5 Å². The van der Waals surface area contributed by atoms with Crippen LogP contribution in [0.3, 0.4) is 0 Å². The van der Waals surface area contributed by atoms with E-state index < -0.39 is 0 Å². The van der Waals surface area contributed by atoms with Gasteiger partial charge < -0.3 is 10.6 Å². The zero-order valence-corrected chi connectivity index (χ0v) is 14.2. The molecule has 0 unspecified atom stereocenters. The molecule has 2 rings (SSSR count). The van der Waals surface area contributed by atoms with Crippen LogP contribution in [0.5, 0.6) is 0 Å². The van der Waals surface area contributed by atoms with Crippen LogP contribution in [0.15, 0.2) is 34.9 Å². The topological polar surface area (TPSA) is 49.8 Å². The molecule has 0 bridgehead atoms. The molecule has 0 atom stereocenters. The van der Waals surface area contributed by atoms with Crippen LogP contribution in [0.1, 0.15) is 18.9 Å². The third kappa shape index (κ3) is 5.17. The van der Waals surface area contributed by atoms with Crippen molar-refractivity contribution in [3.63, 3.8) is 0 Å². The fraction of sp³-hybridized carbons (Fsp3) is 0.333. The summed E-state index contributed by atoms with van der Waals surface area (Å²) in [7, 11) is 0. The Hall–Kier alpha value is -1.33. The van der Waals surface area contributed by atoms with Gasteiger partial charge >= 0.3 is 0 Å². The average Bonchev–Trinajstić information content (AvgIpc) is 2.50. The van der Waals surface area contributed by atoms with Gasteiger partial charge in [-0.15, -0.1) is 0 Å². The largest absolute Gasteiger partial charge is 0.369 e. The van der Waals surface area contributed by atoms with Crippen molar-refractivity contribution in [2.75, 3.05) is 23.7 Å². The second-order valence-electron chi connectivity index (χ2n) is 4.62. The number of anilines is 2. The molecule has 1 aromatic carbocycles. The second-order valence-corrected chi connectivity index (χ2v) is 5.91. The first-order valence-electron chi connectivity index (χ1n) is 6.93. The summed E-state index contributed by atoms with van der Waals surface area (Å²) in [6.07, 6.45) is 3.71. The number of aromatic nitrogens is 2. The summed E-state index contributed by atoms with van der Waals surface area (Å²) in [5, 5.41) is 7.26. The number of halogens is 2. The predicted molar refractivity (Wildman–Crippen MR) is 92.2 cm³/mol. The summed E-state index contributed by atoms with van der Waals surface area (Å²) >= 11 is 9.34. The standard InChI is InChI=1S/C15H18BrClN4/c1-2-8-19-15-20-10-13(16)14(21-15)18-9-7-11-3-5-12(17)6-4-11/h3-6,10H,2,7-9H2,1H3,(H2,18,19,20,21). The van der Waals surface area contributed by atoms with Crippen molar-refractivity contribution in [2.45, 2.75) is 19.8 Å². The van der Waals surface area contributed by atoms with E-state index in [2.05, 4.69) is 43.5 Å². The zero-order valence-electron chi connectivity index (χ0n) is 11.9. The Labute approximate surface area is 138 Å². The van der Waals surface area contributed by atoms with Crippen LogP contribution in [0.2, 0.25) is 5.02 Å². The van der Waals surface area contributed by atoms with Crippen molar-refractivity contribution in [2.24, 2.45) is 0 Å². The molecule has 0 saturated carbocycles.